The number of para-hydroxylation sites is 1. The van der Waals surface area contributed by atoms with Crippen LogP contribution in [-0.2, 0) is 21.2 Å². The van der Waals surface area contributed by atoms with Crippen molar-refractivity contribution in [3.05, 3.63) is 53.9 Å². The molecule has 3 aromatic rings. The van der Waals surface area contributed by atoms with Gasteiger partial charge >= 0.3 is 0 Å². The van der Waals surface area contributed by atoms with E-state index in [0.717, 1.165) is 18.5 Å². The van der Waals surface area contributed by atoms with Crippen molar-refractivity contribution < 1.29 is 17.6 Å². The Morgan fingerprint density at radius 2 is 1.96 bits per heavy atom. The van der Waals surface area contributed by atoms with Gasteiger partial charge in [0, 0.05) is 26.4 Å². The van der Waals surface area contributed by atoms with Crippen LogP contribution in [0.2, 0.25) is 0 Å². The number of fused-ring (bicyclic) bond motifs is 1. The third-order valence-corrected chi connectivity index (χ3v) is 6.22. The number of anilines is 1. The monoisotopic (exact) mass is 399 g/mol. The van der Waals surface area contributed by atoms with Crippen molar-refractivity contribution in [3.8, 4) is 0 Å². The predicted molar refractivity (Wildman–Crippen MR) is 106 cm³/mol. The number of aryl methyl sites for hydroxylation is 1. The number of oxazole rings is 1. The number of nitrogens with zero attached hydrogens (tertiary/aromatic N) is 2. The molecule has 7 nitrogen and oxygen atoms in total. The topological polar surface area (TPSA) is 92.5 Å². The Balaban J connectivity index is 1.48. The first-order valence-electron chi connectivity index (χ1n) is 9.18. The maximum atomic E-state index is 12.7. The summed E-state index contributed by atoms with van der Waals surface area (Å²) in [5.41, 5.74) is 2.36. The maximum Gasteiger partial charge on any atom is 0.262 e. The third-order valence-electron chi connectivity index (χ3n) is 4.84. The highest BCUT2D eigenvalue weighted by Crippen LogP contribution is 2.26. The Morgan fingerprint density at radius 3 is 2.68 bits per heavy atom. The van der Waals surface area contributed by atoms with E-state index < -0.39 is 10.0 Å². The number of amides is 1. The van der Waals surface area contributed by atoms with E-state index in [2.05, 4.69) is 9.71 Å². The number of benzene rings is 2. The van der Waals surface area contributed by atoms with Crippen LogP contribution in [-0.4, -0.2) is 37.3 Å². The predicted octanol–water partition coefficient (Wildman–Crippen LogP) is 3.10. The van der Waals surface area contributed by atoms with Gasteiger partial charge in [-0.1, -0.05) is 18.2 Å². The lowest BCUT2D eigenvalue weighted by Crippen LogP contribution is -2.26. The Kier molecular flexibility index (Phi) is 4.80. The van der Waals surface area contributed by atoms with Crippen LogP contribution in [0.25, 0.3) is 11.1 Å². The molecule has 0 radical (unpaired) electrons. The number of aromatic nitrogens is 1. The van der Waals surface area contributed by atoms with Gasteiger partial charge in [-0.2, -0.15) is 0 Å². The summed E-state index contributed by atoms with van der Waals surface area (Å²) in [5.74, 6) is 0.669. The molecule has 4 rings (SSSR count). The number of sulfonamides is 1. The standard InChI is InChI=1S/C20H21N3O4S/c1-14-21-17-4-2-5-18(20(17)27-14)22-28(25,26)16-9-7-15(8-10-16)11-13-23-12-3-6-19(23)24/h2,4-5,7-10,22H,3,6,11-13H2,1H3. The van der Waals surface area contributed by atoms with Crippen LogP contribution in [0, 0.1) is 6.92 Å². The summed E-state index contributed by atoms with van der Waals surface area (Å²) >= 11 is 0. The number of likely N-dealkylation sites (tertiary alicyclic amines) is 1. The summed E-state index contributed by atoms with van der Waals surface area (Å²) in [6, 6.07) is 11.9. The highest BCUT2D eigenvalue weighted by atomic mass is 32.2. The van der Waals surface area contributed by atoms with Crippen molar-refractivity contribution in [2.24, 2.45) is 0 Å². The summed E-state index contributed by atoms with van der Waals surface area (Å²) in [5, 5.41) is 0. The number of rotatable bonds is 6. The lowest BCUT2D eigenvalue weighted by atomic mass is 10.1. The van der Waals surface area contributed by atoms with Crippen molar-refractivity contribution >= 4 is 32.7 Å². The molecule has 0 aliphatic carbocycles. The van der Waals surface area contributed by atoms with Gasteiger partial charge < -0.3 is 9.32 Å². The molecular weight excluding hydrogens is 378 g/mol. The third kappa shape index (κ3) is 3.73. The van der Waals surface area contributed by atoms with Crippen LogP contribution in [0.15, 0.2) is 51.8 Å². The number of hydrogen-bond donors (Lipinski definition) is 1. The second-order valence-electron chi connectivity index (χ2n) is 6.87. The van der Waals surface area contributed by atoms with Gasteiger partial charge in [-0.25, -0.2) is 13.4 Å². The number of carbonyl (C=O) groups is 1. The van der Waals surface area contributed by atoms with Gasteiger partial charge in [-0.15, -0.1) is 0 Å². The van der Waals surface area contributed by atoms with Crippen LogP contribution < -0.4 is 4.72 Å². The number of carbonyl (C=O) groups excluding carboxylic acids is 1. The van der Waals surface area contributed by atoms with E-state index in [1.54, 1.807) is 49.4 Å². The first-order chi connectivity index (χ1) is 13.4. The summed E-state index contributed by atoms with van der Waals surface area (Å²) in [7, 11) is -3.75. The van der Waals surface area contributed by atoms with E-state index >= 15 is 0 Å². The van der Waals surface area contributed by atoms with Gasteiger partial charge in [0.25, 0.3) is 10.0 Å². The van der Waals surface area contributed by atoms with E-state index in [4.69, 9.17) is 4.42 Å². The van der Waals surface area contributed by atoms with Crippen molar-refractivity contribution in [3.63, 3.8) is 0 Å². The zero-order chi connectivity index (χ0) is 19.7. The van der Waals surface area contributed by atoms with Crippen LogP contribution in [0.5, 0.6) is 0 Å². The Morgan fingerprint density at radius 1 is 1.18 bits per heavy atom. The number of nitrogens with one attached hydrogen (secondary N) is 1. The molecule has 0 unspecified atom stereocenters. The zero-order valence-corrected chi connectivity index (χ0v) is 16.3. The fourth-order valence-corrected chi connectivity index (χ4v) is 4.45. The molecule has 8 heteroatoms. The first kappa shape index (κ1) is 18.5. The second kappa shape index (κ2) is 7.27. The second-order valence-corrected chi connectivity index (χ2v) is 8.55. The van der Waals surface area contributed by atoms with E-state index in [0.29, 0.717) is 42.1 Å². The van der Waals surface area contributed by atoms with Crippen LogP contribution in [0.3, 0.4) is 0 Å². The lowest BCUT2D eigenvalue weighted by Gasteiger charge is -2.15. The average Bonchev–Trinajstić information content (AvgIpc) is 3.25. The molecule has 1 N–H and O–H groups in total. The van der Waals surface area contributed by atoms with E-state index in [-0.39, 0.29) is 10.8 Å². The Hall–Kier alpha value is -2.87. The molecule has 1 aliphatic heterocycles. The summed E-state index contributed by atoms with van der Waals surface area (Å²) in [6.45, 7) is 3.19. The van der Waals surface area contributed by atoms with E-state index in [9.17, 15) is 13.2 Å². The molecule has 2 heterocycles. The molecule has 146 valence electrons. The normalized spacial score (nSPS) is 14.8. The highest BCUT2D eigenvalue weighted by molar-refractivity contribution is 7.92. The van der Waals surface area contributed by atoms with Gasteiger partial charge in [-0.05, 0) is 42.7 Å². The van der Waals surface area contributed by atoms with E-state index in [1.807, 2.05) is 4.90 Å². The average molecular weight is 399 g/mol. The van der Waals surface area contributed by atoms with Crippen LogP contribution in [0.1, 0.15) is 24.3 Å². The minimum atomic E-state index is -3.75. The van der Waals surface area contributed by atoms with Gasteiger partial charge in [0.1, 0.15) is 5.52 Å². The zero-order valence-electron chi connectivity index (χ0n) is 15.5. The van der Waals surface area contributed by atoms with Crippen molar-refractivity contribution in [1.82, 2.24) is 9.88 Å². The quantitative estimate of drug-likeness (QED) is 0.688. The van der Waals surface area contributed by atoms with Gasteiger partial charge in [0.05, 0.1) is 10.6 Å². The molecule has 0 atom stereocenters. The molecule has 1 aliphatic rings. The highest BCUT2D eigenvalue weighted by Gasteiger charge is 2.20. The fraction of sp³-hybridized carbons (Fsp3) is 0.300. The van der Waals surface area contributed by atoms with Gasteiger partial charge in [0.15, 0.2) is 11.5 Å². The molecule has 28 heavy (non-hydrogen) atoms. The smallest absolute Gasteiger partial charge is 0.262 e. The molecule has 0 saturated carbocycles. The van der Waals surface area contributed by atoms with Crippen molar-refractivity contribution in [1.29, 1.82) is 0 Å². The molecule has 2 aromatic carbocycles. The molecule has 1 fully saturated rings. The number of hydrogen-bond acceptors (Lipinski definition) is 5. The first-order valence-corrected chi connectivity index (χ1v) is 10.7. The minimum absolute atomic E-state index is 0.168. The van der Waals surface area contributed by atoms with Crippen LogP contribution >= 0.6 is 0 Å². The molecule has 1 amide bonds. The lowest BCUT2D eigenvalue weighted by molar-refractivity contribution is -0.127. The van der Waals surface area contributed by atoms with Crippen LogP contribution in [0.4, 0.5) is 5.69 Å². The fourth-order valence-electron chi connectivity index (χ4n) is 3.38. The van der Waals surface area contributed by atoms with Crippen molar-refractivity contribution in [2.75, 3.05) is 17.8 Å². The van der Waals surface area contributed by atoms with Crippen molar-refractivity contribution in [2.45, 2.75) is 31.1 Å². The molecule has 0 spiro atoms. The molecule has 1 saturated heterocycles. The Bertz CT molecular complexity index is 1120. The molecule has 1 aromatic heterocycles. The van der Waals surface area contributed by atoms with E-state index in [1.165, 1.54) is 0 Å². The summed E-state index contributed by atoms with van der Waals surface area (Å²) < 4.78 is 33.6. The SMILES string of the molecule is Cc1nc2cccc(NS(=O)(=O)c3ccc(CCN4CCCC4=O)cc3)c2o1. The largest absolute Gasteiger partial charge is 0.439 e. The molecular formula is C20H21N3O4S. The maximum absolute atomic E-state index is 12.7. The van der Waals surface area contributed by atoms with Gasteiger partial charge in [0.2, 0.25) is 5.91 Å². The molecule has 0 bridgehead atoms. The van der Waals surface area contributed by atoms with Gasteiger partial charge in [-0.3, -0.25) is 9.52 Å². The Labute approximate surface area is 163 Å². The minimum Gasteiger partial charge on any atom is -0.439 e. The summed E-state index contributed by atoms with van der Waals surface area (Å²) in [4.78, 5) is 17.9. The summed E-state index contributed by atoms with van der Waals surface area (Å²) in [6.07, 6.45) is 2.25.